The summed E-state index contributed by atoms with van der Waals surface area (Å²) in [4.78, 5) is 0. The Labute approximate surface area is 104 Å². The van der Waals surface area contributed by atoms with Crippen molar-refractivity contribution in [1.82, 2.24) is 9.03 Å². The molecule has 0 radical (unpaired) electrons. The lowest BCUT2D eigenvalue weighted by molar-refractivity contribution is 0.414. The Kier molecular flexibility index (Phi) is 6.03. The molecule has 0 bridgehead atoms. The highest BCUT2D eigenvalue weighted by Crippen LogP contribution is 2.12. The van der Waals surface area contributed by atoms with Crippen LogP contribution in [0.3, 0.4) is 0 Å². The third-order valence-electron chi connectivity index (χ3n) is 2.73. The maximum Gasteiger partial charge on any atom is 0.279 e. The molecule has 0 saturated carbocycles. The van der Waals surface area contributed by atoms with Gasteiger partial charge in [0.25, 0.3) is 10.2 Å². The van der Waals surface area contributed by atoms with Crippen LogP contribution in [0.5, 0.6) is 0 Å². The number of nitrogens with one attached hydrogen (secondary N) is 1. The van der Waals surface area contributed by atoms with E-state index in [1.54, 1.807) is 4.31 Å². The number of hydrogen-bond donors (Lipinski definition) is 1. The highest BCUT2D eigenvalue weighted by Gasteiger charge is 2.22. The van der Waals surface area contributed by atoms with Gasteiger partial charge in [0, 0.05) is 25.0 Å². The molecule has 1 rings (SSSR count). The van der Waals surface area contributed by atoms with Gasteiger partial charge in [0.15, 0.2) is 0 Å². The molecule has 1 atom stereocenters. The third kappa shape index (κ3) is 4.99. The van der Waals surface area contributed by atoms with Crippen LogP contribution in [0.2, 0.25) is 0 Å². The summed E-state index contributed by atoms with van der Waals surface area (Å²) in [5.41, 5.74) is 0. The Balaban J connectivity index is 2.42. The maximum atomic E-state index is 11.9. The van der Waals surface area contributed by atoms with Gasteiger partial charge in [-0.25, -0.2) is 4.72 Å². The van der Waals surface area contributed by atoms with E-state index in [2.05, 4.69) is 4.72 Å². The van der Waals surface area contributed by atoms with Crippen molar-refractivity contribution in [2.24, 2.45) is 0 Å². The molecule has 0 aliphatic carbocycles. The van der Waals surface area contributed by atoms with Crippen molar-refractivity contribution in [2.75, 3.05) is 19.6 Å². The minimum atomic E-state index is -3.28. The Hall–Kier alpha value is 0.160. The summed E-state index contributed by atoms with van der Waals surface area (Å²) in [7, 11) is -3.28. The molecule has 1 heterocycles. The number of nitrogens with zero attached hydrogens (tertiary/aromatic N) is 1. The summed E-state index contributed by atoms with van der Waals surface area (Å²) in [6.07, 6.45) is 4.85. The topological polar surface area (TPSA) is 49.4 Å². The number of halogens is 1. The largest absolute Gasteiger partial charge is 0.279 e. The molecule has 1 aliphatic rings. The summed E-state index contributed by atoms with van der Waals surface area (Å²) in [5, 5.41) is 0.00633. The van der Waals surface area contributed by atoms with Gasteiger partial charge in [-0.2, -0.15) is 12.7 Å². The highest BCUT2D eigenvalue weighted by molar-refractivity contribution is 7.87. The van der Waals surface area contributed by atoms with Crippen molar-refractivity contribution in [3.63, 3.8) is 0 Å². The van der Waals surface area contributed by atoms with Crippen LogP contribution in [-0.2, 0) is 10.2 Å². The van der Waals surface area contributed by atoms with E-state index in [4.69, 9.17) is 11.6 Å². The zero-order chi connectivity index (χ0) is 12.0. The lowest BCUT2D eigenvalue weighted by Crippen LogP contribution is -2.41. The van der Waals surface area contributed by atoms with Crippen LogP contribution in [0.1, 0.15) is 39.0 Å². The van der Waals surface area contributed by atoms with Gasteiger partial charge in [0.1, 0.15) is 0 Å². The molecule has 1 unspecified atom stereocenters. The van der Waals surface area contributed by atoms with Crippen molar-refractivity contribution in [2.45, 2.75) is 44.4 Å². The zero-order valence-corrected chi connectivity index (χ0v) is 11.4. The van der Waals surface area contributed by atoms with E-state index in [0.717, 1.165) is 25.7 Å². The van der Waals surface area contributed by atoms with Crippen molar-refractivity contribution in [3.05, 3.63) is 0 Å². The molecular weight excluding hydrogens is 248 g/mol. The minimum absolute atomic E-state index is 0.00633. The Morgan fingerprint density at radius 1 is 1.25 bits per heavy atom. The van der Waals surface area contributed by atoms with Crippen molar-refractivity contribution in [3.8, 4) is 0 Å². The summed E-state index contributed by atoms with van der Waals surface area (Å²) in [6.45, 7) is 3.57. The Bertz CT molecular complexity index is 285. The van der Waals surface area contributed by atoms with E-state index in [1.165, 1.54) is 0 Å². The molecule has 1 saturated heterocycles. The van der Waals surface area contributed by atoms with Crippen LogP contribution in [0, 0.1) is 0 Å². The second kappa shape index (κ2) is 6.79. The highest BCUT2D eigenvalue weighted by atomic mass is 35.5. The van der Waals surface area contributed by atoms with E-state index in [0.29, 0.717) is 26.1 Å². The van der Waals surface area contributed by atoms with E-state index in [1.807, 2.05) is 6.92 Å². The number of rotatable bonds is 5. The predicted octanol–water partition coefficient (Wildman–Crippen LogP) is 1.71. The zero-order valence-electron chi connectivity index (χ0n) is 9.78. The van der Waals surface area contributed by atoms with Gasteiger partial charge >= 0.3 is 0 Å². The summed E-state index contributed by atoms with van der Waals surface area (Å²) in [5.74, 6) is 0. The van der Waals surface area contributed by atoms with Gasteiger partial charge in [-0.3, -0.25) is 0 Å². The van der Waals surface area contributed by atoms with Gasteiger partial charge in [0.05, 0.1) is 0 Å². The second-order valence-corrected chi connectivity index (χ2v) is 6.78. The van der Waals surface area contributed by atoms with Gasteiger partial charge in [-0.05, 0) is 26.2 Å². The molecule has 0 aromatic carbocycles. The molecule has 6 heteroatoms. The fourth-order valence-electron chi connectivity index (χ4n) is 1.76. The predicted molar refractivity (Wildman–Crippen MR) is 66.9 cm³/mol. The molecule has 0 aromatic rings. The first-order valence-electron chi connectivity index (χ1n) is 5.91. The average Bonchev–Trinajstić information content (AvgIpc) is 2.44. The first-order chi connectivity index (χ1) is 7.52. The molecule has 4 nitrogen and oxygen atoms in total. The van der Waals surface area contributed by atoms with E-state index < -0.39 is 10.2 Å². The standard InChI is InChI=1S/C10H21ClN2O2S/c1-10(11)6-7-12-16(14,15)13-8-4-2-3-5-9-13/h10,12H,2-9H2,1H3. The first kappa shape index (κ1) is 14.2. The van der Waals surface area contributed by atoms with E-state index in [9.17, 15) is 8.42 Å². The van der Waals surface area contributed by atoms with Crippen molar-refractivity contribution in [1.29, 1.82) is 0 Å². The smallest absolute Gasteiger partial charge is 0.202 e. The number of alkyl halides is 1. The molecule has 16 heavy (non-hydrogen) atoms. The lowest BCUT2D eigenvalue weighted by Gasteiger charge is -2.20. The molecule has 96 valence electrons. The van der Waals surface area contributed by atoms with Crippen LogP contribution < -0.4 is 4.72 Å². The Morgan fingerprint density at radius 3 is 2.31 bits per heavy atom. The third-order valence-corrected chi connectivity index (χ3v) is 4.56. The van der Waals surface area contributed by atoms with Crippen molar-refractivity contribution >= 4 is 21.8 Å². The monoisotopic (exact) mass is 268 g/mol. The SMILES string of the molecule is CC(Cl)CCNS(=O)(=O)N1CCCCCC1. The van der Waals surface area contributed by atoms with Crippen LogP contribution in [0.15, 0.2) is 0 Å². The molecule has 1 aliphatic heterocycles. The second-order valence-electron chi connectivity index (χ2n) is 4.28. The van der Waals surface area contributed by atoms with Crippen molar-refractivity contribution < 1.29 is 8.42 Å². The lowest BCUT2D eigenvalue weighted by atomic mass is 10.2. The normalized spacial score (nSPS) is 21.6. The van der Waals surface area contributed by atoms with Crippen LogP contribution >= 0.6 is 11.6 Å². The minimum Gasteiger partial charge on any atom is -0.202 e. The van der Waals surface area contributed by atoms with Gasteiger partial charge < -0.3 is 0 Å². The van der Waals surface area contributed by atoms with Crippen LogP contribution in [0.4, 0.5) is 0 Å². The number of hydrogen-bond acceptors (Lipinski definition) is 2. The summed E-state index contributed by atoms with van der Waals surface area (Å²) < 4.78 is 27.9. The van der Waals surface area contributed by atoms with E-state index in [-0.39, 0.29) is 5.38 Å². The van der Waals surface area contributed by atoms with Crippen LogP contribution in [0.25, 0.3) is 0 Å². The molecule has 1 N–H and O–H groups in total. The maximum absolute atomic E-state index is 11.9. The molecule has 0 aromatic heterocycles. The van der Waals surface area contributed by atoms with Gasteiger partial charge in [-0.15, -0.1) is 11.6 Å². The first-order valence-corrected chi connectivity index (χ1v) is 7.79. The quantitative estimate of drug-likeness (QED) is 0.772. The summed E-state index contributed by atoms with van der Waals surface area (Å²) in [6, 6.07) is 0. The van der Waals surface area contributed by atoms with Gasteiger partial charge in [-0.1, -0.05) is 12.8 Å². The van der Waals surface area contributed by atoms with E-state index >= 15 is 0 Å². The molecule has 0 spiro atoms. The summed E-state index contributed by atoms with van der Waals surface area (Å²) >= 11 is 5.77. The Morgan fingerprint density at radius 2 is 1.81 bits per heavy atom. The molecular formula is C10H21ClN2O2S. The van der Waals surface area contributed by atoms with Gasteiger partial charge in [0.2, 0.25) is 0 Å². The molecule has 1 fully saturated rings. The fourth-order valence-corrected chi connectivity index (χ4v) is 3.17. The average molecular weight is 269 g/mol. The molecule has 0 amide bonds. The van der Waals surface area contributed by atoms with Crippen LogP contribution in [-0.4, -0.2) is 37.7 Å². The fraction of sp³-hybridized carbons (Fsp3) is 1.00.